The predicted octanol–water partition coefficient (Wildman–Crippen LogP) is 3.58. The van der Waals surface area contributed by atoms with E-state index >= 15 is 0 Å². The lowest BCUT2D eigenvalue weighted by Crippen LogP contribution is -2.32. The van der Waals surface area contributed by atoms with Crippen LogP contribution in [0.5, 0.6) is 0 Å². The monoisotopic (exact) mass is 405 g/mol. The fourth-order valence-electron chi connectivity index (χ4n) is 3.21. The molecule has 0 radical (unpaired) electrons. The van der Waals surface area contributed by atoms with Gasteiger partial charge in [0.05, 0.1) is 6.54 Å². The highest BCUT2D eigenvalue weighted by molar-refractivity contribution is 7.99. The maximum absolute atomic E-state index is 13.8. The second-order valence-electron chi connectivity index (χ2n) is 7.05. The summed E-state index contributed by atoms with van der Waals surface area (Å²) in [5.74, 6) is 0.951. The first kappa shape index (κ1) is 20.8. The number of nitrogens with one attached hydrogen (secondary N) is 1. The van der Waals surface area contributed by atoms with E-state index in [1.807, 2.05) is 30.0 Å². The molecule has 150 valence electrons. The number of likely N-dealkylation sites (N-methyl/N-ethyl adjacent to an activating group) is 1. The lowest BCUT2D eigenvalue weighted by atomic mass is 10.2. The molecule has 4 nitrogen and oxygen atoms in total. The van der Waals surface area contributed by atoms with Gasteiger partial charge in [0.15, 0.2) is 0 Å². The number of hydrogen-bond donors (Lipinski definition) is 1. The summed E-state index contributed by atoms with van der Waals surface area (Å²) in [7, 11) is 1.73. The molecule has 1 heterocycles. The van der Waals surface area contributed by atoms with Crippen LogP contribution in [0.2, 0.25) is 0 Å². The first-order chi connectivity index (χ1) is 13.5. The Morgan fingerprint density at radius 1 is 1.18 bits per heavy atom. The van der Waals surface area contributed by atoms with E-state index in [-0.39, 0.29) is 19.0 Å². The molecule has 0 bridgehead atoms. The second-order valence-corrected chi connectivity index (χ2v) is 8.27. The van der Waals surface area contributed by atoms with Gasteiger partial charge in [-0.05, 0) is 30.8 Å². The number of hydrogen-bond acceptors (Lipinski definition) is 4. The molecule has 0 unspecified atom stereocenters. The lowest BCUT2D eigenvalue weighted by molar-refractivity contribution is -0.117. The Kier molecular flexibility index (Phi) is 7.42. The van der Waals surface area contributed by atoms with Crippen LogP contribution in [0.1, 0.15) is 11.1 Å². The molecule has 0 saturated carbocycles. The minimum Gasteiger partial charge on any atom is -0.325 e. The Bertz CT molecular complexity index is 812. The average molecular weight is 406 g/mol. The Balaban J connectivity index is 1.51. The van der Waals surface area contributed by atoms with Crippen molar-refractivity contribution in [1.29, 1.82) is 0 Å². The number of halogens is 2. The molecule has 0 spiro atoms. The molecular weight excluding hydrogens is 380 g/mol. The summed E-state index contributed by atoms with van der Waals surface area (Å²) in [5.41, 5.74) is 2.29. The third-order valence-corrected chi connectivity index (χ3v) is 5.53. The minimum absolute atomic E-state index is 0.115. The van der Waals surface area contributed by atoms with E-state index in [2.05, 4.69) is 16.3 Å². The van der Waals surface area contributed by atoms with Crippen molar-refractivity contribution in [2.45, 2.75) is 13.1 Å². The summed E-state index contributed by atoms with van der Waals surface area (Å²) in [6.07, 6.45) is 0. The van der Waals surface area contributed by atoms with Gasteiger partial charge < -0.3 is 5.32 Å². The number of carbonyl (C=O) groups excluding carboxylic acids is 1. The zero-order valence-electron chi connectivity index (χ0n) is 16.0. The van der Waals surface area contributed by atoms with Crippen molar-refractivity contribution in [2.75, 3.05) is 43.5 Å². The van der Waals surface area contributed by atoms with E-state index in [9.17, 15) is 13.6 Å². The molecule has 0 atom stereocenters. The predicted molar refractivity (Wildman–Crippen MR) is 110 cm³/mol. The quantitative estimate of drug-likeness (QED) is 0.764. The van der Waals surface area contributed by atoms with Crippen LogP contribution in [0.15, 0.2) is 42.5 Å². The normalized spacial score (nSPS) is 15.0. The van der Waals surface area contributed by atoms with Crippen LogP contribution in [0.3, 0.4) is 0 Å². The van der Waals surface area contributed by atoms with Gasteiger partial charge in [-0.25, -0.2) is 8.78 Å². The van der Waals surface area contributed by atoms with Crippen LogP contribution >= 0.6 is 11.8 Å². The van der Waals surface area contributed by atoms with E-state index in [4.69, 9.17) is 0 Å². The van der Waals surface area contributed by atoms with Crippen LogP contribution in [0.25, 0.3) is 0 Å². The van der Waals surface area contributed by atoms with Crippen LogP contribution < -0.4 is 5.32 Å². The van der Waals surface area contributed by atoms with E-state index in [0.29, 0.717) is 5.56 Å². The van der Waals surface area contributed by atoms with Gasteiger partial charge in [0.1, 0.15) is 11.6 Å². The summed E-state index contributed by atoms with van der Waals surface area (Å²) in [6.45, 7) is 3.41. The van der Waals surface area contributed by atoms with Crippen LogP contribution in [0, 0.1) is 11.6 Å². The van der Waals surface area contributed by atoms with Crippen molar-refractivity contribution < 1.29 is 13.6 Å². The zero-order valence-corrected chi connectivity index (χ0v) is 16.8. The van der Waals surface area contributed by atoms with Crippen molar-refractivity contribution in [3.05, 3.63) is 65.2 Å². The standard InChI is InChI=1S/C21H25F2N3OS/c1-25(14-17-5-6-18(22)12-20(17)23)15-21(27)24-19-4-2-3-16(11-19)13-26-7-9-28-10-8-26/h2-6,11-12H,7-10,13-15H2,1H3,(H,24,27). The molecule has 28 heavy (non-hydrogen) atoms. The highest BCUT2D eigenvalue weighted by atomic mass is 32.2. The highest BCUT2D eigenvalue weighted by Crippen LogP contribution is 2.16. The van der Waals surface area contributed by atoms with Gasteiger partial charge >= 0.3 is 0 Å². The molecule has 2 aromatic carbocycles. The molecule has 1 aliphatic heterocycles. The lowest BCUT2D eigenvalue weighted by Gasteiger charge is -2.26. The fourth-order valence-corrected chi connectivity index (χ4v) is 4.19. The van der Waals surface area contributed by atoms with E-state index < -0.39 is 11.6 Å². The topological polar surface area (TPSA) is 35.6 Å². The van der Waals surface area contributed by atoms with Crippen LogP contribution in [-0.2, 0) is 17.9 Å². The third-order valence-electron chi connectivity index (χ3n) is 4.59. The highest BCUT2D eigenvalue weighted by Gasteiger charge is 2.13. The van der Waals surface area contributed by atoms with Gasteiger partial charge in [-0.15, -0.1) is 0 Å². The smallest absolute Gasteiger partial charge is 0.238 e. The molecule has 1 aliphatic rings. The molecule has 0 aliphatic carbocycles. The van der Waals surface area contributed by atoms with Gasteiger partial charge in [0.25, 0.3) is 0 Å². The Morgan fingerprint density at radius 2 is 1.96 bits per heavy atom. The van der Waals surface area contributed by atoms with Gasteiger partial charge in [-0.1, -0.05) is 18.2 Å². The van der Waals surface area contributed by atoms with Crippen LogP contribution in [0.4, 0.5) is 14.5 Å². The van der Waals surface area contributed by atoms with Gasteiger partial charge in [0.2, 0.25) is 5.91 Å². The summed E-state index contributed by atoms with van der Waals surface area (Å²) in [4.78, 5) is 16.4. The number of thioether (sulfide) groups is 1. The first-order valence-corrected chi connectivity index (χ1v) is 10.5. The number of amides is 1. The fraction of sp³-hybridized carbons (Fsp3) is 0.381. The molecular formula is C21H25F2N3OS. The largest absolute Gasteiger partial charge is 0.325 e. The molecule has 2 aromatic rings. The molecule has 7 heteroatoms. The Hall–Kier alpha value is -1.96. The van der Waals surface area contributed by atoms with Crippen LogP contribution in [-0.4, -0.2) is 53.9 Å². The number of benzene rings is 2. The Labute approximate surface area is 168 Å². The maximum atomic E-state index is 13.8. The van der Waals surface area contributed by atoms with E-state index in [1.54, 1.807) is 11.9 Å². The molecule has 1 saturated heterocycles. The maximum Gasteiger partial charge on any atom is 0.238 e. The molecule has 1 N–H and O–H groups in total. The van der Waals surface area contributed by atoms with E-state index in [1.165, 1.54) is 17.7 Å². The van der Waals surface area contributed by atoms with Crippen molar-refractivity contribution in [1.82, 2.24) is 9.80 Å². The van der Waals surface area contributed by atoms with E-state index in [0.717, 1.165) is 42.9 Å². The third kappa shape index (κ3) is 6.29. The number of anilines is 1. The molecule has 3 rings (SSSR count). The first-order valence-electron chi connectivity index (χ1n) is 9.31. The number of carbonyl (C=O) groups is 1. The van der Waals surface area contributed by atoms with Crippen molar-refractivity contribution in [3.8, 4) is 0 Å². The molecule has 1 amide bonds. The SMILES string of the molecule is CN(CC(=O)Nc1cccc(CN2CCSCC2)c1)Cc1ccc(F)cc1F. The second kappa shape index (κ2) is 10.0. The molecule has 0 aromatic heterocycles. The van der Waals surface area contributed by atoms with Gasteiger partial charge in [-0.2, -0.15) is 11.8 Å². The van der Waals surface area contributed by atoms with Crippen molar-refractivity contribution in [2.24, 2.45) is 0 Å². The van der Waals surface area contributed by atoms with Gasteiger partial charge in [-0.3, -0.25) is 14.6 Å². The number of rotatable bonds is 7. The average Bonchev–Trinajstić information content (AvgIpc) is 2.65. The van der Waals surface area contributed by atoms with Crippen molar-refractivity contribution in [3.63, 3.8) is 0 Å². The zero-order chi connectivity index (χ0) is 19.9. The molecule has 1 fully saturated rings. The summed E-state index contributed by atoms with van der Waals surface area (Å²) >= 11 is 1.98. The van der Waals surface area contributed by atoms with Gasteiger partial charge in [0, 0.05) is 55.0 Å². The summed E-state index contributed by atoms with van der Waals surface area (Å²) in [5, 5.41) is 2.90. The number of nitrogens with zero attached hydrogens (tertiary/aromatic N) is 2. The summed E-state index contributed by atoms with van der Waals surface area (Å²) < 4.78 is 26.8. The minimum atomic E-state index is -0.607. The van der Waals surface area contributed by atoms with Crippen molar-refractivity contribution >= 4 is 23.4 Å². The Morgan fingerprint density at radius 3 is 2.71 bits per heavy atom. The summed E-state index contributed by atoms with van der Waals surface area (Å²) in [6, 6.07) is 11.4.